The van der Waals surface area contributed by atoms with Crippen LogP contribution in [0.25, 0.3) is 0 Å². The summed E-state index contributed by atoms with van der Waals surface area (Å²) in [6.45, 7) is 20.6. The Balaban J connectivity index is 1.82. The maximum atomic E-state index is 13.1. The molecule has 3 rings (SSSR count). The molecule has 1 amide bonds. The average Bonchev–Trinajstić information content (AvgIpc) is 3.27. The van der Waals surface area contributed by atoms with E-state index < -0.39 is 0 Å². The Morgan fingerprint density at radius 3 is 2.16 bits per heavy atom. The van der Waals surface area contributed by atoms with Crippen LogP contribution in [-0.2, 0) is 16.1 Å². The van der Waals surface area contributed by atoms with Crippen LogP contribution in [0.2, 0.25) is 0 Å². The molecule has 0 aromatic heterocycles. The van der Waals surface area contributed by atoms with Crippen molar-refractivity contribution in [1.82, 2.24) is 4.90 Å². The van der Waals surface area contributed by atoms with Crippen LogP contribution < -0.4 is 0 Å². The molecular formula is C33H47NO3. The van der Waals surface area contributed by atoms with Crippen molar-refractivity contribution in [3.05, 3.63) is 82.9 Å². The standard InChI is InChI=1S/C33H47NO3/c1-9-10-16-30-31(17-18-34(30)33(35)36-21-26-14-12-11-13-15-26)37-25(8)32-28(23(4)5)19-27(22(2)3)20-29(32)24(6)7/h9,11-15,19-20,22-25,30-31H,1,10,16-18,21H2,2-8H3/t25-,30+,31+/m1/s1. The Kier molecular flexibility index (Phi) is 10.4. The first-order chi connectivity index (χ1) is 17.6. The van der Waals surface area contributed by atoms with E-state index in [4.69, 9.17) is 9.47 Å². The van der Waals surface area contributed by atoms with Crippen molar-refractivity contribution >= 4 is 6.09 Å². The fourth-order valence-electron chi connectivity index (χ4n) is 5.45. The maximum Gasteiger partial charge on any atom is 0.410 e. The van der Waals surface area contributed by atoms with Gasteiger partial charge in [-0.25, -0.2) is 4.79 Å². The molecule has 0 saturated carbocycles. The van der Waals surface area contributed by atoms with E-state index in [1.54, 1.807) is 0 Å². The van der Waals surface area contributed by atoms with Crippen molar-refractivity contribution < 1.29 is 14.3 Å². The van der Waals surface area contributed by atoms with Crippen molar-refractivity contribution in [1.29, 1.82) is 0 Å². The first-order valence-corrected chi connectivity index (χ1v) is 14.0. The van der Waals surface area contributed by atoms with Gasteiger partial charge in [-0.1, -0.05) is 90.1 Å². The van der Waals surface area contributed by atoms with Crippen LogP contribution in [0.1, 0.15) is 119 Å². The fraction of sp³-hybridized carbons (Fsp3) is 0.545. The molecule has 2 aromatic carbocycles. The number of hydrogen-bond acceptors (Lipinski definition) is 3. The second-order valence-corrected chi connectivity index (χ2v) is 11.3. The molecule has 2 aromatic rings. The van der Waals surface area contributed by atoms with Gasteiger partial charge in [-0.05, 0) is 71.8 Å². The van der Waals surface area contributed by atoms with Gasteiger partial charge in [-0.3, -0.25) is 0 Å². The quantitative estimate of drug-likeness (QED) is 0.286. The first kappa shape index (κ1) is 29.0. The SMILES string of the molecule is C=CCC[C@H]1[C@@H](O[C@H](C)c2c(C(C)C)cc(C(C)C)cc2C(C)C)CCN1C(=O)OCc1ccccc1. The largest absolute Gasteiger partial charge is 0.445 e. The molecule has 1 heterocycles. The Bertz CT molecular complexity index is 998. The molecule has 37 heavy (non-hydrogen) atoms. The summed E-state index contributed by atoms with van der Waals surface area (Å²) in [5, 5.41) is 0. The van der Waals surface area contributed by atoms with Crippen LogP contribution in [-0.4, -0.2) is 29.7 Å². The Morgan fingerprint density at radius 2 is 1.62 bits per heavy atom. The molecule has 3 atom stereocenters. The molecule has 0 bridgehead atoms. The Labute approximate surface area is 225 Å². The smallest absolute Gasteiger partial charge is 0.410 e. The lowest BCUT2D eigenvalue weighted by Crippen LogP contribution is -2.41. The number of carbonyl (C=O) groups excluding carboxylic acids is 1. The van der Waals surface area contributed by atoms with E-state index in [2.05, 4.69) is 67.2 Å². The number of benzene rings is 2. The number of carbonyl (C=O) groups is 1. The van der Waals surface area contributed by atoms with Crippen LogP contribution in [0, 0.1) is 0 Å². The van der Waals surface area contributed by atoms with Crippen molar-refractivity contribution in [3.8, 4) is 0 Å². The van der Waals surface area contributed by atoms with E-state index in [1.807, 2.05) is 41.3 Å². The third kappa shape index (κ3) is 7.25. The number of likely N-dealkylation sites (tertiary alicyclic amines) is 1. The molecule has 1 aliphatic rings. The van der Waals surface area contributed by atoms with E-state index in [9.17, 15) is 4.79 Å². The lowest BCUT2D eigenvalue weighted by atomic mass is 9.82. The van der Waals surface area contributed by atoms with Gasteiger partial charge in [0.25, 0.3) is 0 Å². The third-order valence-electron chi connectivity index (χ3n) is 7.55. The normalized spacial score (nSPS) is 18.6. The van der Waals surface area contributed by atoms with Crippen molar-refractivity contribution in [2.45, 2.75) is 110 Å². The van der Waals surface area contributed by atoms with E-state index in [-0.39, 0.29) is 30.9 Å². The summed E-state index contributed by atoms with van der Waals surface area (Å²) in [6.07, 6.45) is 4.02. The van der Waals surface area contributed by atoms with Gasteiger partial charge in [0.2, 0.25) is 0 Å². The molecule has 0 unspecified atom stereocenters. The molecule has 4 nitrogen and oxygen atoms in total. The van der Waals surface area contributed by atoms with Crippen molar-refractivity contribution in [3.63, 3.8) is 0 Å². The minimum Gasteiger partial charge on any atom is -0.445 e. The molecule has 1 saturated heterocycles. The van der Waals surface area contributed by atoms with Gasteiger partial charge in [0, 0.05) is 6.54 Å². The topological polar surface area (TPSA) is 38.8 Å². The molecule has 202 valence electrons. The zero-order valence-corrected chi connectivity index (χ0v) is 24.0. The summed E-state index contributed by atoms with van der Waals surface area (Å²) in [6, 6.07) is 14.6. The van der Waals surface area contributed by atoms with Crippen molar-refractivity contribution in [2.24, 2.45) is 0 Å². The number of allylic oxidation sites excluding steroid dienone is 1. The van der Waals surface area contributed by atoms with Crippen LogP contribution in [0.4, 0.5) is 4.79 Å². The summed E-state index contributed by atoms with van der Waals surface area (Å²) < 4.78 is 12.6. The molecule has 0 N–H and O–H groups in total. The molecule has 1 aliphatic heterocycles. The summed E-state index contributed by atoms with van der Waals surface area (Å²) >= 11 is 0. The number of amides is 1. The predicted molar refractivity (Wildman–Crippen MR) is 153 cm³/mol. The average molecular weight is 506 g/mol. The summed E-state index contributed by atoms with van der Waals surface area (Å²) in [7, 11) is 0. The van der Waals surface area contributed by atoms with Crippen LogP contribution in [0.15, 0.2) is 55.1 Å². The Hall–Kier alpha value is -2.59. The zero-order valence-electron chi connectivity index (χ0n) is 24.0. The molecule has 0 radical (unpaired) electrons. The fourth-order valence-corrected chi connectivity index (χ4v) is 5.45. The van der Waals surface area contributed by atoms with Gasteiger partial charge in [0.05, 0.1) is 18.2 Å². The second kappa shape index (κ2) is 13.3. The lowest BCUT2D eigenvalue weighted by Gasteiger charge is -2.32. The van der Waals surface area contributed by atoms with Gasteiger partial charge in [0.15, 0.2) is 0 Å². The molecular weight excluding hydrogens is 458 g/mol. The van der Waals surface area contributed by atoms with Crippen LogP contribution >= 0.6 is 0 Å². The van der Waals surface area contributed by atoms with Gasteiger partial charge in [0.1, 0.15) is 6.61 Å². The maximum absolute atomic E-state index is 13.1. The van der Waals surface area contributed by atoms with Crippen LogP contribution in [0.5, 0.6) is 0 Å². The zero-order chi connectivity index (χ0) is 27.1. The third-order valence-corrected chi connectivity index (χ3v) is 7.55. The van der Waals surface area contributed by atoms with E-state index >= 15 is 0 Å². The monoisotopic (exact) mass is 505 g/mol. The van der Waals surface area contributed by atoms with Crippen molar-refractivity contribution in [2.75, 3.05) is 6.54 Å². The first-order valence-electron chi connectivity index (χ1n) is 14.0. The highest BCUT2D eigenvalue weighted by Crippen LogP contribution is 2.39. The number of rotatable bonds is 11. The molecule has 0 aliphatic carbocycles. The van der Waals surface area contributed by atoms with E-state index in [0.717, 1.165) is 24.8 Å². The molecule has 0 spiro atoms. The van der Waals surface area contributed by atoms with Crippen LogP contribution in [0.3, 0.4) is 0 Å². The van der Waals surface area contributed by atoms with Gasteiger partial charge < -0.3 is 14.4 Å². The molecule has 1 fully saturated rings. The van der Waals surface area contributed by atoms with E-state index in [0.29, 0.717) is 24.3 Å². The van der Waals surface area contributed by atoms with E-state index in [1.165, 1.54) is 22.3 Å². The highest BCUT2D eigenvalue weighted by atomic mass is 16.6. The Morgan fingerprint density at radius 1 is 1.00 bits per heavy atom. The number of ether oxygens (including phenoxy) is 2. The number of nitrogens with zero attached hydrogens (tertiary/aromatic N) is 1. The van der Waals surface area contributed by atoms with Gasteiger partial charge in [-0.2, -0.15) is 0 Å². The summed E-state index contributed by atoms with van der Waals surface area (Å²) in [4.78, 5) is 15.0. The minimum atomic E-state index is -0.260. The summed E-state index contributed by atoms with van der Waals surface area (Å²) in [5.74, 6) is 1.29. The van der Waals surface area contributed by atoms with Gasteiger partial charge >= 0.3 is 6.09 Å². The lowest BCUT2D eigenvalue weighted by molar-refractivity contribution is -0.0246. The molecule has 4 heteroatoms. The summed E-state index contributed by atoms with van der Waals surface area (Å²) in [5.41, 5.74) is 6.46. The predicted octanol–water partition coefficient (Wildman–Crippen LogP) is 8.88. The second-order valence-electron chi connectivity index (χ2n) is 11.3. The van der Waals surface area contributed by atoms with Gasteiger partial charge in [-0.15, -0.1) is 6.58 Å². The highest BCUT2D eigenvalue weighted by Gasteiger charge is 2.39. The minimum absolute atomic E-state index is 0.0244. The highest BCUT2D eigenvalue weighted by molar-refractivity contribution is 5.68. The number of hydrogen-bond donors (Lipinski definition) is 0.